The highest BCUT2D eigenvalue weighted by Gasteiger charge is 2.43. The zero-order chi connectivity index (χ0) is 21.8. The summed E-state index contributed by atoms with van der Waals surface area (Å²) in [6, 6.07) is 12.5. The first-order chi connectivity index (χ1) is 14.4. The first kappa shape index (κ1) is 22.0. The minimum atomic E-state index is -0.553. The van der Waals surface area contributed by atoms with E-state index in [0.717, 1.165) is 11.1 Å². The zero-order valence-corrected chi connectivity index (χ0v) is 18.8. The molecule has 1 N–H and O–H groups in total. The van der Waals surface area contributed by atoms with Crippen molar-refractivity contribution in [2.24, 2.45) is 0 Å². The average Bonchev–Trinajstić information content (AvgIpc) is 3.18. The second-order valence-corrected chi connectivity index (χ2v) is 8.62. The fourth-order valence-corrected chi connectivity index (χ4v) is 4.97. The molecule has 0 bridgehead atoms. The second kappa shape index (κ2) is 9.43. The van der Waals surface area contributed by atoms with Crippen LogP contribution in [-0.4, -0.2) is 48.8 Å². The molecule has 0 spiro atoms. The third-order valence-corrected chi connectivity index (χ3v) is 6.36. The molecule has 0 radical (unpaired) electrons. The number of carbonyl (C=O) groups excluding carboxylic acids is 2. The monoisotopic (exact) mass is 428 g/mol. The molecule has 3 rings (SSSR count). The Kier molecular flexibility index (Phi) is 6.92. The maximum Gasteiger partial charge on any atom is 0.256 e. The lowest BCUT2D eigenvalue weighted by molar-refractivity contribution is -0.125. The van der Waals surface area contributed by atoms with Gasteiger partial charge < -0.3 is 19.7 Å². The average molecular weight is 429 g/mol. The lowest BCUT2D eigenvalue weighted by Crippen LogP contribution is -2.49. The molecule has 1 fully saturated rings. The van der Waals surface area contributed by atoms with Crippen molar-refractivity contribution in [2.75, 3.05) is 20.0 Å². The van der Waals surface area contributed by atoms with Crippen LogP contribution < -0.4 is 14.8 Å². The van der Waals surface area contributed by atoms with Crippen molar-refractivity contribution >= 4 is 23.6 Å². The maximum atomic E-state index is 13.6. The van der Waals surface area contributed by atoms with Gasteiger partial charge in [0.15, 0.2) is 11.5 Å². The number of hydrogen-bond acceptors (Lipinski definition) is 5. The van der Waals surface area contributed by atoms with Crippen LogP contribution in [-0.2, 0) is 4.79 Å². The molecule has 0 aliphatic carbocycles. The second-order valence-electron chi connectivity index (χ2n) is 7.51. The molecule has 2 atom stereocenters. The molecular weight excluding hydrogens is 400 g/mol. The van der Waals surface area contributed by atoms with Crippen LogP contribution in [0.2, 0.25) is 0 Å². The van der Waals surface area contributed by atoms with Gasteiger partial charge in [-0.1, -0.05) is 24.3 Å². The minimum absolute atomic E-state index is 0.00181. The summed E-state index contributed by atoms with van der Waals surface area (Å²) in [6.45, 7) is 5.74. The maximum absolute atomic E-state index is 13.6. The smallest absolute Gasteiger partial charge is 0.256 e. The number of aryl methyl sites for hydroxylation is 1. The third-order valence-electron chi connectivity index (χ3n) is 5.04. The van der Waals surface area contributed by atoms with E-state index in [9.17, 15) is 9.59 Å². The van der Waals surface area contributed by atoms with Crippen molar-refractivity contribution in [2.45, 2.75) is 38.2 Å². The van der Waals surface area contributed by atoms with Crippen LogP contribution in [0.5, 0.6) is 11.5 Å². The Morgan fingerprint density at radius 1 is 1.10 bits per heavy atom. The topological polar surface area (TPSA) is 67.9 Å². The van der Waals surface area contributed by atoms with Gasteiger partial charge in [-0.05, 0) is 50.1 Å². The molecule has 160 valence electrons. The first-order valence-corrected chi connectivity index (χ1v) is 10.9. The Bertz CT molecular complexity index is 931. The van der Waals surface area contributed by atoms with E-state index in [1.165, 1.54) is 0 Å². The molecule has 1 aliphatic rings. The Hall–Kier alpha value is -2.67. The van der Waals surface area contributed by atoms with Crippen LogP contribution in [0.1, 0.15) is 40.7 Å². The van der Waals surface area contributed by atoms with Gasteiger partial charge in [-0.15, -0.1) is 11.8 Å². The van der Waals surface area contributed by atoms with Gasteiger partial charge in [0.05, 0.1) is 14.2 Å². The fraction of sp³-hybridized carbons (Fsp3) is 0.391. The van der Waals surface area contributed by atoms with Crippen LogP contribution in [0, 0.1) is 6.92 Å². The van der Waals surface area contributed by atoms with Crippen LogP contribution in [0.3, 0.4) is 0 Å². The van der Waals surface area contributed by atoms with Crippen LogP contribution in [0.4, 0.5) is 0 Å². The van der Waals surface area contributed by atoms with Gasteiger partial charge in [-0.25, -0.2) is 0 Å². The van der Waals surface area contributed by atoms with E-state index in [4.69, 9.17) is 9.47 Å². The molecule has 30 heavy (non-hydrogen) atoms. The molecule has 2 aromatic rings. The van der Waals surface area contributed by atoms with Crippen molar-refractivity contribution in [3.05, 3.63) is 59.2 Å². The van der Waals surface area contributed by atoms with E-state index < -0.39 is 6.04 Å². The Morgan fingerprint density at radius 2 is 1.80 bits per heavy atom. The summed E-state index contributed by atoms with van der Waals surface area (Å²) in [4.78, 5) is 28.2. The summed E-state index contributed by atoms with van der Waals surface area (Å²) < 4.78 is 10.8. The Labute approximate surface area is 181 Å². The molecule has 2 unspecified atom stereocenters. The molecule has 0 aromatic heterocycles. The van der Waals surface area contributed by atoms with E-state index in [1.807, 2.05) is 63.2 Å². The number of methoxy groups -OCH3 is 2. The van der Waals surface area contributed by atoms with E-state index in [2.05, 4.69) is 5.32 Å². The Morgan fingerprint density at radius 3 is 2.43 bits per heavy atom. The van der Waals surface area contributed by atoms with Crippen LogP contribution >= 0.6 is 11.8 Å². The lowest BCUT2D eigenvalue weighted by atomic mass is 10.1. The fourth-order valence-electron chi connectivity index (χ4n) is 3.55. The molecule has 0 saturated carbocycles. The summed E-state index contributed by atoms with van der Waals surface area (Å²) in [5, 5.41) is 2.65. The quantitative estimate of drug-likeness (QED) is 0.758. The number of carbonyl (C=O) groups is 2. The predicted molar refractivity (Wildman–Crippen MR) is 119 cm³/mol. The summed E-state index contributed by atoms with van der Waals surface area (Å²) in [7, 11) is 3.17. The predicted octanol–water partition coefficient (Wildman–Crippen LogP) is 3.79. The minimum Gasteiger partial charge on any atom is -0.493 e. The van der Waals surface area contributed by atoms with Crippen molar-refractivity contribution in [1.82, 2.24) is 10.2 Å². The number of thioether (sulfide) groups is 1. The van der Waals surface area contributed by atoms with Crippen LogP contribution in [0.25, 0.3) is 0 Å². The van der Waals surface area contributed by atoms with E-state index >= 15 is 0 Å². The SMILES string of the molecule is COc1ccc(C2SCC(C(=O)NC(C)C)N2C(=O)c2ccccc2C)cc1OC. The molecule has 1 aliphatic heterocycles. The summed E-state index contributed by atoms with van der Waals surface area (Å²) in [5.41, 5.74) is 2.38. The molecule has 7 heteroatoms. The summed E-state index contributed by atoms with van der Waals surface area (Å²) >= 11 is 1.58. The van der Waals surface area contributed by atoms with Crippen molar-refractivity contribution in [3.63, 3.8) is 0 Å². The van der Waals surface area contributed by atoms with Crippen molar-refractivity contribution in [1.29, 1.82) is 0 Å². The lowest BCUT2D eigenvalue weighted by Gasteiger charge is -2.30. The van der Waals surface area contributed by atoms with Gasteiger partial charge in [-0.3, -0.25) is 9.59 Å². The summed E-state index contributed by atoms with van der Waals surface area (Å²) in [6.07, 6.45) is 0. The normalized spacial score (nSPS) is 18.4. The number of ether oxygens (including phenoxy) is 2. The first-order valence-electron chi connectivity index (χ1n) is 9.89. The van der Waals surface area contributed by atoms with Gasteiger partial charge in [-0.2, -0.15) is 0 Å². The van der Waals surface area contributed by atoms with E-state index in [1.54, 1.807) is 30.9 Å². The highest BCUT2D eigenvalue weighted by atomic mass is 32.2. The molecule has 6 nitrogen and oxygen atoms in total. The highest BCUT2D eigenvalue weighted by Crippen LogP contribution is 2.44. The number of nitrogens with one attached hydrogen (secondary N) is 1. The van der Waals surface area contributed by atoms with Crippen LogP contribution in [0.15, 0.2) is 42.5 Å². The number of rotatable bonds is 6. The van der Waals surface area contributed by atoms with Gasteiger partial charge >= 0.3 is 0 Å². The third kappa shape index (κ3) is 4.41. The molecular formula is C23H28N2O4S. The van der Waals surface area contributed by atoms with Gasteiger partial charge in [0.2, 0.25) is 5.91 Å². The molecule has 2 aromatic carbocycles. The molecule has 1 heterocycles. The number of nitrogens with zero attached hydrogens (tertiary/aromatic N) is 1. The van der Waals surface area contributed by atoms with E-state index in [-0.39, 0.29) is 23.2 Å². The van der Waals surface area contributed by atoms with Gasteiger partial charge in [0.25, 0.3) is 5.91 Å². The van der Waals surface area contributed by atoms with Crippen molar-refractivity contribution in [3.8, 4) is 11.5 Å². The van der Waals surface area contributed by atoms with Gasteiger partial charge in [0, 0.05) is 17.4 Å². The number of hydrogen-bond donors (Lipinski definition) is 1. The highest BCUT2D eigenvalue weighted by molar-refractivity contribution is 7.99. The standard InChI is InChI=1S/C23H28N2O4S/c1-14(2)24-21(26)18-13-30-23(16-10-11-19(28-4)20(12-16)29-5)25(18)22(27)17-9-7-6-8-15(17)3/h6-12,14,18,23H,13H2,1-5H3,(H,24,26). The molecule has 1 saturated heterocycles. The molecule has 2 amide bonds. The summed E-state index contributed by atoms with van der Waals surface area (Å²) in [5.74, 6) is 1.45. The Balaban J connectivity index is 2.02. The van der Waals surface area contributed by atoms with Gasteiger partial charge in [0.1, 0.15) is 11.4 Å². The number of amides is 2. The zero-order valence-electron chi connectivity index (χ0n) is 18.0. The number of benzene rings is 2. The van der Waals surface area contributed by atoms with E-state index in [0.29, 0.717) is 22.8 Å². The largest absolute Gasteiger partial charge is 0.493 e. The van der Waals surface area contributed by atoms with Crippen molar-refractivity contribution < 1.29 is 19.1 Å².